The summed E-state index contributed by atoms with van der Waals surface area (Å²) in [5, 5.41) is 12.4. The minimum absolute atomic E-state index is 0.0457. The van der Waals surface area contributed by atoms with Crippen molar-refractivity contribution in [1.29, 1.82) is 0 Å². The van der Waals surface area contributed by atoms with E-state index in [0.29, 0.717) is 11.3 Å². The van der Waals surface area contributed by atoms with Crippen molar-refractivity contribution in [1.82, 2.24) is 9.88 Å². The largest absolute Gasteiger partial charge is 0.392 e. The lowest BCUT2D eigenvalue weighted by Gasteiger charge is -2.05. The summed E-state index contributed by atoms with van der Waals surface area (Å²) in [6.45, 7) is -0.0735. The maximum Gasteiger partial charge on any atom is 0.240 e. The van der Waals surface area contributed by atoms with E-state index in [2.05, 4.69) is 9.88 Å². The molecule has 7 heteroatoms. The molecule has 0 aliphatic rings. The average Bonchev–Trinajstić information content (AvgIpc) is 2.90. The van der Waals surface area contributed by atoms with Crippen LogP contribution in [0.15, 0.2) is 45.9 Å². The first-order valence-electron chi connectivity index (χ1n) is 5.21. The number of aromatic nitrogens is 1. The van der Waals surface area contributed by atoms with Crippen molar-refractivity contribution < 1.29 is 18.0 Å². The van der Waals surface area contributed by atoms with Gasteiger partial charge in [-0.15, -0.1) is 0 Å². The molecule has 0 atom stereocenters. The molecule has 0 saturated heterocycles. The highest BCUT2D eigenvalue weighted by molar-refractivity contribution is 7.89. The molecule has 0 fully saturated rings. The van der Waals surface area contributed by atoms with Crippen molar-refractivity contribution in [3.8, 4) is 0 Å². The van der Waals surface area contributed by atoms with Crippen molar-refractivity contribution in [2.24, 2.45) is 0 Å². The molecule has 1 heterocycles. The first kappa shape index (κ1) is 12.7. The Hall–Kier alpha value is -1.70. The zero-order valence-electron chi connectivity index (χ0n) is 9.41. The van der Waals surface area contributed by atoms with Gasteiger partial charge in [-0.05, 0) is 17.7 Å². The van der Waals surface area contributed by atoms with E-state index < -0.39 is 10.0 Å². The molecule has 1 aromatic carbocycles. The number of benzene rings is 1. The molecule has 0 amide bonds. The number of aliphatic hydroxyl groups is 1. The minimum atomic E-state index is -3.58. The van der Waals surface area contributed by atoms with E-state index in [1.54, 1.807) is 18.2 Å². The summed E-state index contributed by atoms with van der Waals surface area (Å²) in [5.41, 5.74) is 0.657. The van der Waals surface area contributed by atoms with Crippen LogP contribution in [-0.2, 0) is 23.2 Å². The minimum Gasteiger partial charge on any atom is -0.392 e. The van der Waals surface area contributed by atoms with Gasteiger partial charge in [0.25, 0.3) is 0 Å². The zero-order valence-corrected chi connectivity index (χ0v) is 10.2. The van der Waals surface area contributed by atoms with Crippen LogP contribution in [0.4, 0.5) is 0 Å². The summed E-state index contributed by atoms with van der Waals surface area (Å²) < 4.78 is 31.0. The third-order valence-corrected chi connectivity index (χ3v) is 3.76. The summed E-state index contributed by atoms with van der Waals surface area (Å²) in [6.07, 6.45) is 1.44. The van der Waals surface area contributed by atoms with Crippen LogP contribution in [0.2, 0.25) is 0 Å². The highest BCUT2D eigenvalue weighted by atomic mass is 32.2. The quantitative estimate of drug-likeness (QED) is 0.830. The van der Waals surface area contributed by atoms with Crippen LogP contribution in [0.1, 0.15) is 11.3 Å². The first-order chi connectivity index (χ1) is 8.62. The Labute approximate surface area is 104 Å². The van der Waals surface area contributed by atoms with Crippen LogP contribution in [0.25, 0.3) is 0 Å². The van der Waals surface area contributed by atoms with Crippen LogP contribution >= 0.6 is 0 Å². The Balaban J connectivity index is 2.09. The Morgan fingerprint density at radius 2 is 1.94 bits per heavy atom. The molecule has 18 heavy (non-hydrogen) atoms. The number of rotatable bonds is 5. The van der Waals surface area contributed by atoms with Gasteiger partial charge in [-0.2, -0.15) is 0 Å². The van der Waals surface area contributed by atoms with Gasteiger partial charge in [0, 0.05) is 6.07 Å². The van der Waals surface area contributed by atoms with E-state index in [9.17, 15) is 8.42 Å². The van der Waals surface area contributed by atoms with Gasteiger partial charge in [-0.1, -0.05) is 17.3 Å². The molecule has 0 spiro atoms. The number of hydrogen-bond acceptors (Lipinski definition) is 5. The van der Waals surface area contributed by atoms with E-state index in [1.807, 2.05) is 0 Å². The van der Waals surface area contributed by atoms with Crippen molar-refractivity contribution >= 4 is 10.0 Å². The summed E-state index contributed by atoms with van der Waals surface area (Å²) in [5.74, 6) is 0.436. The fraction of sp³-hybridized carbons (Fsp3) is 0.182. The monoisotopic (exact) mass is 268 g/mol. The average molecular weight is 268 g/mol. The molecule has 6 nitrogen and oxygen atoms in total. The number of nitrogens with zero attached hydrogens (tertiary/aromatic N) is 1. The number of hydrogen-bond donors (Lipinski definition) is 2. The third-order valence-electron chi connectivity index (χ3n) is 2.34. The molecule has 2 aromatic rings. The highest BCUT2D eigenvalue weighted by Crippen LogP contribution is 2.11. The molecule has 0 radical (unpaired) electrons. The summed E-state index contributed by atoms with van der Waals surface area (Å²) in [7, 11) is -3.58. The Bertz CT molecular complexity index is 590. The maximum atomic E-state index is 11.9. The molecule has 0 saturated carbocycles. The zero-order chi connectivity index (χ0) is 13.0. The van der Waals surface area contributed by atoms with Crippen LogP contribution in [0.3, 0.4) is 0 Å². The molecule has 0 unspecified atom stereocenters. The van der Waals surface area contributed by atoms with Gasteiger partial charge in [0.1, 0.15) is 0 Å². The molecule has 0 aliphatic carbocycles. The molecular formula is C11H12N2O4S. The van der Waals surface area contributed by atoms with Gasteiger partial charge in [-0.3, -0.25) is 0 Å². The molecule has 96 valence electrons. The molecular weight excluding hydrogens is 256 g/mol. The number of aliphatic hydroxyl groups excluding tert-OH is 1. The van der Waals surface area contributed by atoms with Gasteiger partial charge < -0.3 is 9.63 Å². The fourth-order valence-electron chi connectivity index (χ4n) is 1.36. The second kappa shape index (κ2) is 5.30. The Morgan fingerprint density at radius 3 is 2.50 bits per heavy atom. The number of sulfonamides is 1. The SMILES string of the molecule is O=S(=O)(NCc1ccno1)c1ccc(CO)cc1. The van der Waals surface area contributed by atoms with Crippen LogP contribution < -0.4 is 4.72 Å². The Kier molecular flexibility index (Phi) is 3.75. The summed E-state index contributed by atoms with van der Waals surface area (Å²) >= 11 is 0. The van der Waals surface area contributed by atoms with Gasteiger partial charge in [-0.25, -0.2) is 13.1 Å². The predicted octanol–water partition coefficient (Wildman–Crippen LogP) is 0.645. The van der Waals surface area contributed by atoms with E-state index in [0.717, 1.165) is 0 Å². The smallest absolute Gasteiger partial charge is 0.240 e. The topological polar surface area (TPSA) is 92.4 Å². The van der Waals surface area contributed by atoms with Crippen molar-refractivity contribution in [2.45, 2.75) is 18.0 Å². The summed E-state index contributed by atoms with van der Waals surface area (Å²) in [6, 6.07) is 7.58. The van der Waals surface area contributed by atoms with E-state index >= 15 is 0 Å². The van der Waals surface area contributed by atoms with Crippen molar-refractivity contribution in [2.75, 3.05) is 0 Å². The van der Waals surface area contributed by atoms with E-state index in [-0.39, 0.29) is 18.0 Å². The Morgan fingerprint density at radius 1 is 1.22 bits per heavy atom. The highest BCUT2D eigenvalue weighted by Gasteiger charge is 2.14. The molecule has 2 N–H and O–H groups in total. The van der Waals surface area contributed by atoms with Crippen LogP contribution in [0.5, 0.6) is 0 Å². The normalized spacial score (nSPS) is 11.6. The third kappa shape index (κ3) is 2.95. The standard InChI is InChI=1S/C11H12N2O4S/c14-8-9-1-3-11(4-2-9)18(15,16)13-7-10-5-6-12-17-10/h1-6,13-14H,7-8H2. The van der Waals surface area contributed by atoms with Crippen molar-refractivity contribution in [3.05, 3.63) is 47.9 Å². The molecule has 2 rings (SSSR count). The second-order valence-corrected chi connectivity index (χ2v) is 5.37. The van der Waals surface area contributed by atoms with Gasteiger partial charge in [0.05, 0.1) is 24.2 Å². The van der Waals surface area contributed by atoms with Crippen LogP contribution in [-0.4, -0.2) is 18.7 Å². The van der Waals surface area contributed by atoms with Crippen molar-refractivity contribution in [3.63, 3.8) is 0 Å². The summed E-state index contributed by atoms with van der Waals surface area (Å²) in [4.78, 5) is 0.138. The van der Waals surface area contributed by atoms with E-state index in [4.69, 9.17) is 9.63 Å². The number of nitrogens with one attached hydrogen (secondary N) is 1. The predicted molar refractivity (Wildman–Crippen MR) is 62.9 cm³/mol. The second-order valence-electron chi connectivity index (χ2n) is 3.61. The van der Waals surface area contributed by atoms with Gasteiger partial charge in [0.2, 0.25) is 10.0 Å². The molecule has 0 aliphatic heterocycles. The molecule has 0 bridgehead atoms. The van der Waals surface area contributed by atoms with Crippen LogP contribution in [0, 0.1) is 0 Å². The molecule has 1 aromatic heterocycles. The lowest BCUT2D eigenvalue weighted by atomic mass is 10.2. The maximum absolute atomic E-state index is 11.9. The van der Waals surface area contributed by atoms with Gasteiger partial charge in [0.15, 0.2) is 5.76 Å². The fourth-order valence-corrected chi connectivity index (χ4v) is 2.35. The lowest BCUT2D eigenvalue weighted by Crippen LogP contribution is -2.23. The lowest BCUT2D eigenvalue weighted by molar-refractivity contribution is 0.282. The first-order valence-corrected chi connectivity index (χ1v) is 6.69. The van der Waals surface area contributed by atoms with Gasteiger partial charge >= 0.3 is 0 Å². The van der Waals surface area contributed by atoms with E-state index in [1.165, 1.54) is 18.3 Å².